The average molecular weight is 344 g/mol. The van der Waals surface area contributed by atoms with Crippen molar-refractivity contribution in [3.05, 3.63) is 65.0 Å². The molecule has 0 spiro atoms. The lowest BCUT2D eigenvalue weighted by molar-refractivity contribution is 0.119. The Kier molecular flexibility index (Phi) is 5.13. The topological polar surface area (TPSA) is 60.2 Å². The van der Waals surface area contributed by atoms with Gasteiger partial charge in [-0.1, -0.05) is 41.0 Å². The van der Waals surface area contributed by atoms with Crippen LogP contribution in [0.3, 0.4) is 0 Å². The van der Waals surface area contributed by atoms with Crippen molar-refractivity contribution in [3.8, 4) is 11.4 Å². The monoisotopic (exact) mass is 343 g/mol. The summed E-state index contributed by atoms with van der Waals surface area (Å²) in [5, 5.41) is 7.91. The van der Waals surface area contributed by atoms with E-state index in [1.807, 2.05) is 49.4 Å². The average Bonchev–Trinajstić information content (AvgIpc) is 3.08. The van der Waals surface area contributed by atoms with E-state index in [-0.39, 0.29) is 6.10 Å². The first-order valence-corrected chi connectivity index (χ1v) is 7.98. The molecule has 0 amide bonds. The van der Waals surface area contributed by atoms with E-state index in [4.69, 9.17) is 20.9 Å². The minimum atomic E-state index is 0.0459. The minimum Gasteiger partial charge on any atom is -0.377 e. The van der Waals surface area contributed by atoms with Crippen LogP contribution < -0.4 is 5.32 Å². The zero-order chi connectivity index (χ0) is 16.9. The molecule has 0 saturated heterocycles. The number of hydrogen-bond acceptors (Lipinski definition) is 5. The standard InChI is InChI=1S/C18H18ClN3O2/c1-12(23-2)13-5-4-8-16(10-13)20-11-17-21-18(22-24-17)14-6-3-7-15(19)9-14/h3-10,12,20H,11H2,1-2H3/t12-/m0/s1. The number of hydrogen-bond donors (Lipinski definition) is 1. The fourth-order valence-electron chi connectivity index (χ4n) is 2.29. The van der Waals surface area contributed by atoms with Crippen molar-refractivity contribution in [1.82, 2.24) is 10.1 Å². The summed E-state index contributed by atoms with van der Waals surface area (Å²) in [6.45, 7) is 2.45. The van der Waals surface area contributed by atoms with Gasteiger partial charge in [0.1, 0.15) is 0 Å². The number of anilines is 1. The first-order valence-electron chi connectivity index (χ1n) is 7.61. The second kappa shape index (κ2) is 7.47. The molecule has 124 valence electrons. The molecule has 0 aliphatic carbocycles. The number of methoxy groups -OCH3 is 1. The molecule has 1 N–H and O–H groups in total. The minimum absolute atomic E-state index is 0.0459. The Morgan fingerprint density at radius 1 is 1.21 bits per heavy atom. The maximum Gasteiger partial charge on any atom is 0.246 e. The number of aromatic nitrogens is 2. The highest BCUT2D eigenvalue weighted by Crippen LogP contribution is 2.22. The highest BCUT2D eigenvalue weighted by Gasteiger charge is 2.09. The Morgan fingerprint density at radius 3 is 2.83 bits per heavy atom. The van der Waals surface area contributed by atoms with Crippen LogP contribution in [0.5, 0.6) is 0 Å². The Balaban J connectivity index is 1.68. The van der Waals surface area contributed by atoms with Gasteiger partial charge in [0.05, 0.1) is 12.6 Å². The number of benzene rings is 2. The van der Waals surface area contributed by atoms with E-state index in [9.17, 15) is 0 Å². The summed E-state index contributed by atoms with van der Waals surface area (Å²) >= 11 is 5.99. The third-order valence-electron chi connectivity index (χ3n) is 3.70. The molecule has 0 saturated carbocycles. The number of nitrogens with one attached hydrogen (secondary N) is 1. The lowest BCUT2D eigenvalue weighted by Gasteiger charge is -2.11. The van der Waals surface area contributed by atoms with Crippen molar-refractivity contribution in [2.45, 2.75) is 19.6 Å². The largest absolute Gasteiger partial charge is 0.377 e. The van der Waals surface area contributed by atoms with E-state index < -0.39 is 0 Å². The molecule has 2 aromatic carbocycles. The van der Waals surface area contributed by atoms with Gasteiger partial charge in [0.2, 0.25) is 11.7 Å². The summed E-state index contributed by atoms with van der Waals surface area (Å²) in [6.07, 6.45) is 0.0459. The van der Waals surface area contributed by atoms with Crippen LogP contribution >= 0.6 is 11.6 Å². The number of ether oxygens (including phenoxy) is 1. The number of rotatable bonds is 6. The Morgan fingerprint density at radius 2 is 2.04 bits per heavy atom. The van der Waals surface area contributed by atoms with Crippen LogP contribution in [0.2, 0.25) is 5.02 Å². The third-order valence-corrected chi connectivity index (χ3v) is 3.94. The van der Waals surface area contributed by atoms with Gasteiger partial charge in [-0.15, -0.1) is 0 Å². The van der Waals surface area contributed by atoms with Crippen LogP contribution in [-0.4, -0.2) is 17.3 Å². The summed E-state index contributed by atoms with van der Waals surface area (Å²) < 4.78 is 10.6. The highest BCUT2D eigenvalue weighted by molar-refractivity contribution is 6.30. The van der Waals surface area contributed by atoms with E-state index in [1.165, 1.54) is 0 Å². The second-order valence-corrected chi connectivity index (χ2v) is 5.82. The molecule has 1 atom stereocenters. The molecule has 0 radical (unpaired) electrons. The van der Waals surface area contributed by atoms with Gasteiger partial charge < -0.3 is 14.6 Å². The summed E-state index contributed by atoms with van der Waals surface area (Å²) in [6, 6.07) is 15.4. The molecule has 0 aliphatic rings. The molecular formula is C18H18ClN3O2. The van der Waals surface area contributed by atoms with Gasteiger partial charge in [0, 0.05) is 23.4 Å². The highest BCUT2D eigenvalue weighted by atomic mass is 35.5. The number of halogens is 1. The van der Waals surface area contributed by atoms with E-state index in [0.717, 1.165) is 16.8 Å². The van der Waals surface area contributed by atoms with Crippen molar-refractivity contribution in [2.24, 2.45) is 0 Å². The van der Waals surface area contributed by atoms with Crippen LogP contribution in [0.15, 0.2) is 53.1 Å². The lowest BCUT2D eigenvalue weighted by atomic mass is 10.1. The van der Waals surface area contributed by atoms with Crippen LogP contribution in [-0.2, 0) is 11.3 Å². The van der Waals surface area contributed by atoms with Gasteiger partial charge in [-0.3, -0.25) is 0 Å². The van der Waals surface area contributed by atoms with E-state index >= 15 is 0 Å². The van der Waals surface area contributed by atoms with Gasteiger partial charge in [-0.25, -0.2) is 0 Å². The van der Waals surface area contributed by atoms with Crippen molar-refractivity contribution in [1.29, 1.82) is 0 Å². The molecular weight excluding hydrogens is 326 g/mol. The third kappa shape index (κ3) is 3.93. The van der Waals surface area contributed by atoms with Crippen LogP contribution in [0.25, 0.3) is 11.4 Å². The molecule has 1 heterocycles. The molecule has 0 unspecified atom stereocenters. The predicted molar refractivity (Wildman–Crippen MR) is 93.9 cm³/mol. The van der Waals surface area contributed by atoms with Crippen molar-refractivity contribution in [3.63, 3.8) is 0 Å². The molecule has 3 aromatic rings. The molecule has 0 fully saturated rings. The van der Waals surface area contributed by atoms with Crippen molar-refractivity contribution >= 4 is 17.3 Å². The van der Waals surface area contributed by atoms with Crippen LogP contribution in [0.1, 0.15) is 24.5 Å². The molecule has 0 bridgehead atoms. The fourth-order valence-corrected chi connectivity index (χ4v) is 2.48. The van der Waals surface area contributed by atoms with Crippen LogP contribution in [0.4, 0.5) is 5.69 Å². The SMILES string of the molecule is CO[C@@H](C)c1cccc(NCc2nc(-c3cccc(Cl)c3)no2)c1. The molecule has 3 rings (SSSR count). The predicted octanol–water partition coefficient (Wildman–Crippen LogP) is 4.71. The lowest BCUT2D eigenvalue weighted by Crippen LogP contribution is -2.01. The smallest absolute Gasteiger partial charge is 0.246 e. The molecule has 24 heavy (non-hydrogen) atoms. The Bertz CT molecular complexity index is 819. The van der Waals surface area contributed by atoms with E-state index in [2.05, 4.69) is 15.5 Å². The quantitative estimate of drug-likeness (QED) is 0.702. The van der Waals surface area contributed by atoms with Gasteiger partial charge in [-0.2, -0.15) is 4.98 Å². The Hall–Kier alpha value is -2.37. The van der Waals surface area contributed by atoms with E-state index in [1.54, 1.807) is 13.2 Å². The summed E-state index contributed by atoms with van der Waals surface area (Å²) in [4.78, 5) is 4.39. The normalized spacial score (nSPS) is 12.1. The zero-order valence-corrected chi connectivity index (χ0v) is 14.2. The van der Waals surface area contributed by atoms with Crippen molar-refractivity contribution in [2.75, 3.05) is 12.4 Å². The molecule has 0 aliphatic heterocycles. The van der Waals surface area contributed by atoms with Gasteiger partial charge >= 0.3 is 0 Å². The summed E-state index contributed by atoms with van der Waals surface area (Å²) in [5.41, 5.74) is 2.90. The van der Waals surface area contributed by atoms with Crippen molar-refractivity contribution < 1.29 is 9.26 Å². The zero-order valence-electron chi connectivity index (χ0n) is 13.5. The Labute approximate surface area is 145 Å². The second-order valence-electron chi connectivity index (χ2n) is 5.38. The van der Waals surface area contributed by atoms with Crippen LogP contribution in [0, 0.1) is 0 Å². The van der Waals surface area contributed by atoms with E-state index in [0.29, 0.717) is 23.3 Å². The first kappa shape index (κ1) is 16.5. The number of nitrogens with zero attached hydrogens (tertiary/aromatic N) is 2. The molecule has 5 nitrogen and oxygen atoms in total. The molecule has 6 heteroatoms. The summed E-state index contributed by atoms with van der Waals surface area (Å²) in [5.74, 6) is 1.03. The summed E-state index contributed by atoms with van der Waals surface area (Å²) in [7, 11) is 1.70. The maximum absolute atomic E-state index is 5.99. The fraction of sp³-hybridized carbons (Fsp3) is 0.222. The maximum atomic E-state index is 5.99. The van der Waals surface area contributed by atoms with Gasteiger partial charge in [-0.05, 0) is 36.8 Å². The first-order chi connectivity index (χ1) is 11.7. The molecule has 1 aromatic heterocycles. The van der Waals surface area contributed by atoms with Gasteiger partial charge in [0.25, 0.3) is 0 Å². The van der Waals surface area contributed by atoms with Gasteiger partial charge in [0.15, 0.2) is 0 Å².